The van der Waals surface area contributed by atoms with E-state index in [0.29, 0.717) is 37.0 Å². The molecular weight excluding hydrogens is 414 g/mol. The molecule has 1 N–H and O–H groups in total. The molecule has 2 amide bonds. The molecule has 0 spiro atoms. The molecule has 3 rings (SSSR count). The highest BCUT2D eigenvalue weighted by molar-refractivity contribution is 7.89. The van der Waals surface area contributed by atoms with Crippen molar-refractivity contribution in [2.24, 2.45) is 0 Å². The normalized spacial score (nSPS) is 15.2. The molecule has 9 heteroatoms. The van der Waals surface area contributed by atoms with Gasteiger partial charge in [0.05, 0.1) is 11.4 Å². The van der Waals surface area contributed by atoms with Gasteiger partial charge in [-0.05, 0) is 43.3 Å². The van der Waals surface area contributed by atoms with Crippen molar-refractivity contribution >= 4 is 27.7 Å². The van der Waals surface area contributed by atoms with Crippen molar-refractivity contribution < 1.29 is 17.9 Å². The first kappa shape index (κ1) is 21.4. The Balaban J connectivity index is 1.43. The molecule has 7 nitrogen and oxygen atoms in total. The van der Waals surface area contributed by atoms with E-state index in [1.165, 1.54) is 4.31 Å². The van der Waals surface area contributed by atoms with Gasteiger partial charge in [0.1, 0.15) is 12.4 Å². The molecule has 0 unspecified atom stereocenters. The van der Waals surface area contributed by atoms with E-state index < -0.39 is 10.0 Å². The predicted molar refractivity (Wildman–Crippen MR) is 112 cm³/mol. The maximum atomic E-state index is 12.7. The average Bonchev–Trinajstić information content (AvgIpc) is 2.73. The van der Waals surface area contributed by atoms with Crippen molar-refractivity contribution in [3.05, 3.63) is 59.1 Å². The molecular formula is C20H24ClN3O4S. The van der Waals surface area contributed by atoms with E-state index in [4.69, 9.17) is 16.3 Å². The Kier molecular flexibility index (Phi) is 7.00. The quantitative estimate of drug-likeness (QED) is 0.705. The Bertz CT molecular complexity index is 925. The number of hydrogen-bond acceptors (Lipinski definition) is 4. The van der Waals surface area contributed by atoms with Crippen LogP contribution < -0.4 is 10.1 Å². The van der Waals surface area contributed by atoms with Gasteiger partial charge < -0.3 is 15.0 Å². The standard InChI is InChI=1S/C20H24ClN3O4S/c1-16-2-8-19(9-3-16)29(26,27)24-13-11-23(12-14-24)20(25)22-10-15-28-18-6-4-17(21)5-7-18/h2-9H,10-15H2,1H3,(H,22,25). The van der Waals surface area contributed by atoms with E-state index in [1.807, 2.05) is 6.92 Å². The Hall–Kier alpha value is -2.29. The van der Waals surface area contributed by atoms with Gasteiger partial charge in [0, 0.05) is 31.2 Å². The van der Waals surface area contributed by atoms with Crippen LogP contribution in [-0.4, -0.2) is 63.0 Å². The summed E-state index contributed by atoms with van der Waals surface area (Å²) in [5.41, 5.74) is 1.01. The molecule has 0 saturated carbocycles. The summed E-state index contributed by atoms with van der Waals surface area (Å²) < 4.78 is 32.4. The summed E-state index contributed by atoms with van der Waals surface area (Å²) in [5, 5.41) is 3.43. The number of ether oxygens (including phenoxy) is 1. The van der Waals surface area contributed by atoms with Crippen LogP contribution in [0.25, 0.3) is 0 Å². The molecule has 1 heterocycles. The first-order valence-corrected chi connectivity index (χ1v) is 11.2. The van der Waals surface area contributed by atoms with Crippen LogP contribution in [0.5, 0.6) is 5.75 Å². The number of nitrogens with zero attached hydrogens (tertiary/aromatic N) is 2. The van der Waals surface area contributed by atoms with Gasteiger partial charge in [0.25, 0.3) is 0 Å². The second-order valence-corrected chi connectivity index (χ2v) is 9.11. The number of sulfonamides is 1. The molecule has 0 bridgehead atoms. The molecule has 0 atom stereocenters. The highest BCUT2D eigenvalue weighted by atomic mass is 35.5. The third kappa shape index (κ3) is 5.62. The fourth-order valence-corrected chi connectivity index (χ4v) is 4.51. The molecule has 1 saturated heterocycles. The Labute approximate surface area is 176 Å². The fraction of sp³-hybridized carbons (Fsp3) is 0.350. The molecule has 1 aliphatic heterocycles. The molecule has 2 aromatic carbocycles. The van der Waals surface area contributed by atoms with Gasteiger partial charge in [-0.25, -0.2) is 13.2 Å². The number of nitrogens with one attached hydrogen (secondary N) is 1. The summed E-state index contributed by atoms with van der Waals surface area (Å²) in [7, 11) is -3.54. The minimum absolute atomic E-state index is 0.225. The van der Waals surface area contributed by atoms with Crippen molar-refractivity contribution in [1.82, 2.24) is 14.5 Å². The van der Waals surface area contributed by atoms with Crippen LogP contribution in [0.3, 0.4) is 0 Å². The maximum Gasteiger partial charge on any atom is 0.317 e. The van der Waals surface area contributed by atoms with Crippen LogP contribution in [0.15, 0.2) is 53.4 Å². The number of halogens is 1. The number of rotatable bonds is 6. The molecule has 156 valence electrons. The van der Waals surface area contributed by atoms with Gasteiger partial charge in [-0.3, -0.25) is 0 Å². The van der Waals surface area contributed by atoms with Crippen LogP contribution >= 0.6 is 11.6 Å². The summed E-state index contributed by atoms with van der Waals surface area (Å²) in [5.74, 6) is 0.679. The minimum Gasteiger partial charge on any atom is -0.492 e. The monoisotopic (exact) mass is 437 g/mol. The fourth-order valence-electron chi connectivity index (χ4n) is 2.96. The second-order valence-electron chi connectivity index (χ2n) is 6.74. The van der Waals surface area contributed by atoms with E-state index in [1.54, 1.807) is 53.4 Å². The highest BCUT2D eigenvalue weighted by Gasteiger charge is 2.29. The number of carbonyl (C=O) groups excluding carboxylic acids is 1. The van der Waals surface area contributed by atoms with Crippen molar-refractivity contribution in [2.75, 3.05) is 39.3 Å². The Morgan fingerprint density at radius 3 is 2.28 bits per heavy atom. The van der Waals surface area contributed by atoms with Crippen LogP contribution in [0.1, 0.15) is 5.56 Å². The van der Waals surface area contributed by atoms with Crippen molar-refractivity contribution in [3.63, 3.8) is 0 Å². The van der Waals surface area contributed by atoms with Crippen LogP contribution in [-0.2, 0) is 10.0 Å². The molecule has 0 aromatic heterocycles. The summed E-state index contributed by atoms with van der Waals surface area (Å²) >= 11 is 5.82. The minimum atomic E-state index is -3.54. The lowest BCUT2D eigenvalue weighted by atomic mass is 10.2. The third-order valence-electron chi connectivity index (χ3n) is 4.65. The first-order chi connectivity index (χ1) is 13.9. The van der Waals surface area contributed by atoms with Gasteiger partial charge in [0.15, 0.2) is 0 Å². The lowest BCUT2D eigenvalue weighted by Crippen LogP contribution is -2.53. The van der Waals surface area contributed by atoms with Crippen molar-refractivity contribution in [3.8, 4) is 5.75 Å². The number of urea groups is 1. The van der Waals surface area contributed by atoms with E-state index in [9.17, 15) is 13.2 Å². The SMILES string of the molecule is Cc1ccc(S(=O)(=O)N2CCN(C(=O)NCCOc3ccc(Cl)cc3)CC2)cc1. The number of carbonyl (C=O) groups is 1. The lowest BCUT2D eigenvalue weighted by Gasteiger charge is -2.34. The van der Waals surface area contributed by atoms with Gasteiger partial charge >= 0.3 is 6.03 Å². The number of piperazine rings is 1. The number of amides is 2. The van der Waals surface area contributed by atoms with Gasteiger partial charge in [-0.15, -0.1) is 0 Å². The molecule has 0 radical (unpaired) electrons. The maximum absolute atomic E-state index is 12.7. The predicted octanol–water partition coefficient (Wildman–Crippen LogP) is 2.74. The number of hydrogen-bond donors (Lipinski definition) is 1. The van der Waals surface area contributed by atoms with Gasteiger partial charge in [-0.1, -0.05) is 29.3 Å². The first-order valence-electron chi connectivity index (χ1n) is 9.34. The topological polar surface area (TPSA) is 79.0 Å². The second kappa shape index (κ2) is 9.47. The van der Waals surface area contributed by atoms with Crippen molar-refractivity contribution in [1.29, 1.82) is 0 Å². The summed E-state index contributed by atoms with van der Waals surface area (Å²) in [6.45, 7) is 3.81. The summed E-state index contributed by atoms with van der Waals surface area (Å²) in [4.78, 5) is 14.2. The van der Waals surface area contributed by atoms with Crippen LogP contribution in [0.4, 0.5) is 4.79 Å². The third-order valence-corrected chi connectivity index (χ3v) is 6.81. The van der Waals surface area contributed by atoms with Crippen LogP contribution in [0, 0.1) is 6.92 Å². The highest BCUT2D eigenvalue weighted by Crippen LogP contribution is 2.18. The zero-order chi connectivity index (χ0) is 20.9. The summed E-state index contributed by atoms with van der Waals surface area (Å²) in [6.07, 6.45) is 0. The number of benzene rings is 2. The van der Waals surface area contributed by atoms with E-state index in [0.717, 1.165) is 5.56 Å². The van der Waals surface area contributed by atoms with Gasteiger partial charge in [-0.2, -0.15) is 4.31 Å². The molecule has 2 aromatic rings. The zero-order valence-electron chi connectivity index (χ0n) is 16.2. The Morgan fingerprint density at radius 2 is 1.66 bits per heavy atom. The summed E-state index contributed by atoms with van der Waals surface area (Å²) in [6, 6.07) is 13.6. The molecule has 1 aliphatic rings. The molecule has 0 aliphatic carbocycles. The van der Waals surface area contributed by atoms with E-state index in [-0.39, 0.29) is 24.0 Å². The van der Waals surface area contributed by atoms with Crippen LogP contribution in [0.2, 0.25) is 5.02 Å². The Morgan fingerprint density at radius 1 is 1.03 bits per heavy atom. The van der Waals surface area contributed by atoms with Crippen molar-refractivity contribution in [2.45, 2.75) is 11.8 Å². The largest absolute Gasteiger partial charge is 0.492 e. The number of aryl methyl sites for hydroxylation is 1. The van der Waals surface area contributed by atoms with E-state index >= 15 is 0 Å². The smallest absolute Gasteiger partial charge is 0.317 e. The zero-order valence-corrected chi connectivity index (χ0v) is 17.7. The van der Waals surface area contributed by atoms with E-state index in [2.05, 4.69) is 5.32 Å². The lowest BCUT2D eigenvalue weighted by molar-refractivity contribution is 0.170. The molecule has 1 fully saturated rings. The molecule has 29 heavy (non-hydrogen) atoms. The van der Waals surface area contributed by atoms with Gasteiger partial charge in [0.2, 0.25) is 10.0 Å². The average molecular weight is 438 g/mol.